The first kappa shape index (κ1) is 19.9. The third-order valence-corrected chi connectivity index (χ3v) is 5.72. The van der Waals surface area contributed by atoms with Crippen LogP contribution in [0.5, 0.6) is 5.75 Å². The topological polar surface area (TPSA) is 49.2 Å². The highest BCUT2D eigenvalue weighted by atomic mass is 16.3. The Morgan fingerprint density at radius 1 is 0.833 bits per heavy atom. The summed E-state index contributed by atoms with van der Waals surface area (Å²) in [6, 6.07) is 22.6. The van der Waals surface area contributed by atoms with Crippen molar-refractivity contribution >= 4 is 16.6 Å². The second-order valence-corrected chi connectivity index (χ2v) is 7.42. The van der Waals surface area contributed by atoms with Crippen molar-refractivity contribution in [3.05, 3.63) is 95.9 Å². The lowest BCUT2D eigenvalue weighted by Crippen LogP contribution is -2.21. The summed E-state index contributed by atoms with van der Waals surface area (Å²) in [6.45, 7) is 6.29. The van der Waals surface area contributed by atoms with Crippen molar-refractivity contribution in [2.24, 2.45) is 0 Å². The molecule has 0 aliphatic rings. The van der Waals surface area contributed by atoms with Crippen molar-refractivity contribution in [1.29, 1.82) is 0 Å². The van der Waals surface area contributed by atoms with Crippen LogP contribution in [0.25, 0.3) is 10.9 Å². The van der Waals surface area contributed by atoms with E-state index in [1.807, 2.05) is 48.7 Å². The van der Waals surface area contributed by atoms with Crippen molar-refractivity contribution < 1.29 is 5.11 Å². The molecule has 2 aromatic heterocycles. The van der Waals surface area contributed by atoms with Crippen LogP contribution < -0.4 is 4.90 Å². The van der Waals surface area contributed by atoms with Crippen LogP contribution in [0.2, 0.25) is 0 Å². The average Bonchev–Trinajstić information content (AvgIpc) is 2.80. The molecule has 30 heavy (non-hydrogen) atoms. The summed E-state index contributed by atoms with van der Waals surface area (Å²) in [5.74, 6) is 0.235. The molecule has 2 aromatic carbocycles. The van der Waals surface area contributed by atoms with Gasteiger partial charge < -0.3 is 10.0 Å². The number of phenolic OH excluding ortho intramolecular Hbond substituents is 1. The van der Waals surface area contributed by atoms with Crippen LogP contribution >= 0.6 is 0 Å². The maximum atomic E-state index is 11.1. The Kier molecular flexibility index (Phi) is 5.94. The molecule has 0 spiro atoms. The van der Waals surface area contributed by atoms with E-state index in [0.717, 1.165) is 35.3 Å². The first-order valence-electron chi connectivity index (χ1n) is 10.5. The third-order valence-electron chi connectivity index (χ3n) is 5.72. The Hall–Kier alpha value is -3.40. The first-order chi connectivity index (χ1) is 14.7. The van der Waals surface area contributed by atoms with Gasteiger partial charge in [0.15, 0.2) is 0 Å². The molecule has 1 atom stereocenters. The normalized spacial score (nSPS) is 12.1. The van der Waals surface area contributed by atoms with Gasteiger partial charge in [0.05, 0.1) is 0 Å². The highest BCUT2D eigenvalue weighted by molar-refractivity contribution is 5.85. The summed E-state index contributed by atoms with van der Waals surface area (Å²) >= 11 is 0. The molecular weight excluding hydrogens is 370 g/mol. The molecule has 0 aliphatic carbocycles. The fourth-order valence-corrected chi connectivity index (χ4v) is 4.07. The quantitative estimate of drug-likeness (QED) is 0.444. The Morgan fingerprint density at radius 2 is 1.60 bits per heavy atom. The fourth-order valence-electron chi connectivity index (χ4n) is 4.07. The van der Waals surface area contributed by atoms with Crippen LogP contribution in [0.3, 0.4) is 0 Å². The fraction of sp³-hybridized carbons (Fsp3) is 0.231. The summed E-state index contributed by atoms with van der Waals surface area (Å²) < 4.78 is 0. The van der Waals surface area contributed by atoms with E-state index in [1.165, 1.54) is 5.69 Å². The van der Waals surface area contributed by atoms with Gasteiger partial charge in [-0.2, -0.15) is 0 Å². The molecule has 0 bridgehead atoms. The maximum Gasteiger partial charge on any atom is 0.145 e. The van der Waals surface area contributed by atoms with Crippen molar-refractivity contribution in [2.45, 2.75) is 26.2 Å². The average molecular weight is 398 g/mol. The maximum absolute atomic E-state index is 11.1. The predicted octanol–water partition coefficient (Wildman–Crippen LogP) is 5.56. The number of hydrogen-bond acceptors (Lipinski definition) is 4. The van der Waals surface area contributed by atoms with Gasteiger partial charge in [0.2, 0.25) is 0 Å². The Bertz CT molecular complexity index is 1110. The molecule has 1 unspecified atom stereocenters. The number of aromatic nitrogens is 2. The van der Waals surface area contributed by atoms with E-state index in [-0.39, 0.29) is 11.7 Å². The summed E-state index contributed by atoms with van der Waals surface area (Å²) in [5.41, 5.74) is 4.88. The Morgan fingerprint density at radius 3 is 2.30 bits per heavy atom. The van der Waals surface area contributed by atoms with Crippen LogP contribution in [0.15, 0.2) is 79.1 Å². The lowest BCUT2D eigenvalue weighted by atomic mass is 9.86. The minimum Gasteiger partial charge on any atom is -0.505 e. The van der Waals surface area contributed by atoms with E-state index in [0.29, 0.717) is 11.9 Å². The smallest absolute Gasteiger partial charge is 0.145 e. The molecule has 4 rings (SSSR count). The van der Waals surface area contributed by atoms with E-state index in [1.54, 1.807) is 6.20 Å². The molecule has 4 aromatic rings. The molecule has 1 N–H and O–H groups in total. The number of pyridine rings is 2. The SMILES string of the molecule is CCN(CC)c1ccc(C(Cc2ccccn2)c2ccc3cccnc3c2O)cc1. The molecule has 0 aliphatic heterocycles. The summed E-state index contributed by atoms with van der Waals surface area (Å²) in [4.78, 5) is 11.3. The molecule has 0 saturated heterocycles. The van der Waals surface area contributed by atoms with E-state index in [9.17, 15) is 5.11 Å². The van der Waals surface area contributed by atoms with Gasteiger partial charge in [-0.05, 0) is 49.7 Å². The van der Waals surface area contributed by atoms with Crippen LogP contribution in [-0.4, -0.2) is 28.2 Å². The number of anilines is 1. The zero-order valence-corrected chi connectivity index (χ0v) is 17.5. The highest BCUT2D eigenvalue weighted by Crippen LogP contribution is 2.38. The van der Waals surface area contributed by atoms with Crippen molar-refractivity contribution in [3.63, 3.8) is 0 Å². The molecular formula is C26H27N3O. The number of phenols is 1. The number of nitrogens with zero attached hydrogens (tertiary/aromatic N) is 3. The van der Waals surface area contributed by atoms with Gasteiger partial charge in [0.1, 0.15) is 11.3 Å². The molecule has 4 nitrogen and oxygen atoms in total. The Balaban J connectivity index is 1.78. The monoisotopic (exact) mass is 397 g/mol. The minimum absolute atomic E-state index is 0.0166. The largest absolute Gasteiger partial charge is 0.505 e. The van der Waals surface area contributed by atoms with E-state index in [2.05, 4.69) is 53.0 Å². The molecule has 152 valence electrons. The predicted molar refractivity (Wildman–Crippen MR) is 123 cm³/mol. The number of benzene rings is 2. The van der Waals surface area contributed by atoms with E-state index >= 15 is 0 Å². The Labute approximate surface area is 177 Å². The molecule has 0 saturated carbocycles. The second kappa shape index (κ2) is 8.95. The van der Waals surface area contributed by atoms with Gasteiger partial charge in [0, 0.05) is 60.2 Å². The van der Waals surface area contributed by atoms with Crippen molar-refractivity contribution in [3.8, 4) is 5.75 Å². The molecule has 0 amide bonds. The van der Waals surface area contributed by atoms with Crippen LogP contribution in [0.4, 0.5) is 5.69 Å². The van der Waals surface area contributed by atoms with E-state index in [4.69, 9.17) is 0 Å². The third kappa shape index (κ3) is 3.99. The molecule has 0 radical (unpaired) electrons. The zero-order valence-electron chi connectivity index (χ0n) is 17.5. The van der Waals surface area contributed by atoms with Gasteiger partial charge in [-0.3, -0.25) is 9.97 Å². The first-order valence-corrected chi connectivity index (χ1v) is 10.5. The van der Waals surface area contributed by atoms with Crippen molar-refractivity contribution in [2.75, 3.05) is 18.0 Å². The standard InChI is InChI=1S/C26H27N3O/c1-3-29(4-2)22-13-10-19(11-14-22)24(18-21-9-5-6-16-27-21)23-15-12-20-8-7-17-28-25(20)26(23)30/h5-17,24,30H,3-4,18H2,1-2H3. The van der Waals surface area contributed by atoms with Gasteiger partial charge in [-0.15, -0.1) is 0 Å². The molecule has 2 heterocycles. The van der Waals surface area contributed by atoms with Gasteiger partial charge >= 0.3 is 0 Å². The van der Waals surface area contributed by atoms with Gasteiger partial charge in [-0.25, -0.2) is 0 Å². The van der Waals surface area contributed by atoms with Gasteiger partial charge in [0.25, 0.3) is 0 Å². The number of rotatable bonds is 7. The number of fused-ring (bicyclic) bond motifs is 1. The summed E-state index contributed by atoms with van der Waals surface area (Å²) in [7, 11) is 0. The summed E-state index contributed by atoms with van der Waals surface area (Å²) in [5, 5.41) is 12.0. The lowest BCUT2D eigenvalue weighted by Gasteiger charge is -2.23. The summed E-state index contributed by atoms with van der Waals surface area (Å²) in [6.07, 6.45) is 4.24. The van der Waals surface area contributed by atoms with Crippen LogP contribution in [0, 0.1) is 0 Å². The van der Waals surface area contributed by atoms with Crippen molar-refractivity contribution in [1.82, 2.24) is 9.97 Å². The zero-order chi connectivity index (χ0) is 20.9. The van der Waals surface area contributed by atoms with Crippen LogP contribution in [0.1, 0.15) is 36.6 Å². The number of aromatic hydroxyl groups is 1. The lowest BCUT2D eigenvalue weighted by molar-refractivity contribution is 0.469. The molecule has 4 heteroatoms. The minimum atomic E-state index is -0.0166. The molecule has 0 fully saturated rings. The van der Waals surface area contributed by atoms with Crippen LogP contribution in [-0.2, 0) is 6.42 Å². The van der Waals surface area contributed by atoms with E-state index < -0.39 is 0 Å². The highest BCUT2D eigenvalue weighted by Gasteiger charge is 2.21. The van der Waals surface area contributed by atoms with Gasteiger partial charge in [-0.1, -0.05) is 36.4 Å². The second-order valence-electron chi connectivity index (χ2n) is 7.42. The number of hydrogen-bond donors (Lipinski definition) is 1.